The Balaban J connectivity index is 3.28. The lowest BCUT2D eigenvalue weighted by Gasteiger charge is -2.11. The van der Waals surface area contributed by atoms with Crippen LogP contribution in [0.3, 0.4) is 0 Å². The largest absolute Gasteiger partial charge is 0.493 e. The molecule has 0 aliphatic rings. The quantitative estimate of drug-likeness (QED) is 0.772. The molecule has 14 heavy (non-hydrogen) atoms. The zero-order valence-corrected chi connectivity index (χ0v) is 9.44. The molecule has 76 valence electrons. The molecule has 0 bridgehead atoms. The molecule has 0 unspecified atom stereocenters. The van der Waals surface area contributed by atoms with E-state index in [-0.39, 0.29) is 0 Å². The lowest BCUT2D eigenvalue weighted by Crippen LogP contribution is -2.15. The molecule has 0 amide bonds. The molecule has 0 saturated carbocycles. The Kier molecular flexibility index (Phi) is 3.41. The summed E-state index contributed by atoms with van der Waals surface area (Å²) < 4.78 is 5.45. The summed E-state index contributed by atoms with van der Waals surface area (Å²) in [6.45, 7) is 6.32. The van der Waals surface area contributed by atoms with Gasteiger partial charge in [0.05, 0.1) is 17.9 Å². The maximum atomic E-state index is 5.61. The minimum Gasteiger partial charge on any atom is -0.493 e. The van der Waals surface area contributed by atoms with E-state index in [1.165, 1.54) is 0 Å². The molecule has 0 aliphatic heterocycles. The van der Waals surface area contributed by atoms with E-state index >= 15 is 0 Å². The van der Waals surface area contributed by atoms with Crippen molar-refractivity contribution in [3.8, 4) is 5.75 Å². The molecule has 1 heterocycles. The van der Waals surface area contributed by atoms with Crippen LogP contribution in [0.2, 0.25) is 0 Å². The van der Waals surface area contributed by atoms with Crippen LogP contribution in [0.4, 0.5) is 0 Å². The second-order valence-corrected chi connectivity index (χ2v) is 3.46. The summed E-state index contributed by atoms with van der Waals surface area (Å²) >= 11 is 4.95. The predicted octanol–water partition coefficient (Wildman–Crippen LogP) is 1.73. The molecule has 1 aromatic rings. The fourth-order valence-electron chi connectivity index (χ4n) is 1.36. The summed E-state index contributed by atoms with van der Waals surface area (Å²) in [6, 6.07) is 1.85. The highest BCUT2D eigenvalue weighted by atomic mass is 32.1. The average Bonchev–Trinajstić information content (AvgIpc) is 2.01. The van der Waals surface area contributed by atoms with Gasteiger partial charge < -0.3 is 10.5 Å². The van der Waals surface area contributed by atoms with Crippen molar-refractivity contribution < 1.29 is 4.74 Å². The number of nitrogens with two attached hydrogens (primary N) is 1. The van der Waals surface area contributed by atoms with Crippen LogP contribution in [-0.4, -0.2) is 16.6 Å². The topological polar surface area (TPSA) is 48.1 Å². The van der Waals surface area contributed by atoms with Crippen molar-refractivity contribution in [3.05, 3.63) is 23.0 Å². The van der Waals surface area contributed by atoms with Gasteiger partial charge in [-0.1, -0.05) is 12.2 Å². The molecular formula is C10H14N2OS. The molecule has 0 spiro atoms. The molecule has 1 aromatic heterocycles. The summed E-state index contributed by atoms with van der Waals surface area (Å²) in [6.07, 6.45) is 0. The van der Waals surface area contributed by atoms with Crippen LogP contribution in [0.1, 0.15) is 23.9 Å². The standard InChI is InChI=1S/C10H14N2OS/c1-4-13-8-5-6(2)12-7(3)9(8)10(11)14/h5H,4H2,1-3H3,(H2,11,14). The number of aryl methyl sites for hydroxylation is 2. The van der Waals surface area contributed by atoms with Crippen LogP contribution in [0.15, 0.2) is 6.07 Å². The number of hydrogen-bond donors (Lipinski definition) is 1. The van der Waals surface area contributed by atoms with Gasteiger partial charge in [0, 0.05) is 11.8 Å². The fraction of sp³-hybridized carbons (Fsp3) is 0.400. The van der Waals surface area contributed by atoms with E-state index < -0.39 is 0 Å². The van der Waals surface area contributed by atoms with E-state index in [2.05, 4.69) is 4.98 Å². The van der Waals surface area contributed by atoms with E-state index in [4.69, 9.17) is 22.7 Å². The van der Waals surface area contributed by atoms with Crippen LogP contribution in [-0.2, 0) is 0 Å². The third kappa shape index (κ3) is 2.20. The highest BCUT2D eigenvalue weighted by molar-refractivity contribution is 7.80. The summed E-state index contributed by atoms with van der Waals surface area (Å²) in [7, 11) is 0. The Morgan fingerprint density at radius 1 is 1.57 bits per heavy atom. The van der Waals surface area contributed by atoms with Gasteiger partial charge in [-0.3, -0.25) is 4.98 Å². The lowest BCUT2D eigenvalue weighted by atomic mass is 10.1. The number of hydrogen-bond acceptors (Lipinski definition) is 3. The second-order valence-electron chi connectivity index (χ2n) is 3.02. The zero-order valence-electron chi connectivity index (χ0n) is 8.63. The van der Waals surface area contributed by atoms with Gasteiger partial charge in [-0.15, -0.1) is 0 Å². The van der Waals surface area contributed by atoms with Crippen molar-refractivity contribution in [1.82, 2.24) is 4.98 Å². The van der Waals surface area contributed by atoms with Gasteiger partial charge in [-0.2, -0.15) is 0 Å². The third-order valence-corrected chi connectivity index (χ3v) is 2.04. The number of thiocarbonyl (C=S) groups is 1. The first-order valence-corrected chi connectivity index (χ1v) is 4.88. The second kappa shape index (κ2) is 4.37. The van der Waals surface area contributed by atoms with Crippen LogP contribution >= 0.6 is 12.2 Å². The Bertz CT molecular complexity index is 363. The van der Waals surface area contributed by atoms with Gasteiger partial charge in [0.2, 0.25) is 0 Å². The Hall–Kier alpha value is -1.16. The van der Waals surface area contributed by atoms with Crippen molar-refractivity contribution in [3.63, 3.8) is 0 Å². The number of rotatable bonds is 3. The Morgan fingerprint density at radius 2 is 2.21 bits per heavy atom. The first-order chi connectivity index (χ1) is 6.56. The maximum Gasteiger partial charge on any atom is 0.133 e. The third-order valence-electron chi connectivity index (χ3n) is 1.84. The monoisotopic (exact) mass is 210 g/mol. The van der Waals surface area contributed by atoms with E-state index in [9.17, 15) is 0 Å². The fourth-order valence-corrected chi connectivity index (χ4v) is 1.61. The first-order valence-electron chi connectivity index (χ1n) is 4.47. The average molecular weight is 210 g/mol. The number of ether oxygens (including phenoxy) is 1. The van der Waals surface area contributed by atoms with E-state index in [1.807, 2.05) is 26.8 Å². The number of pyridine rings is 1. The van der Waals surface area contributed by atoms with Gasteiger partial charge in [-0.05, 0) is 20.8 Å². The van der Waals surface area contributed by atoms with Crippen LogP contribution in [0, 0.1) is 13.8 Å². The Labute approximate surface area is 89.3 Å². The minimum absolute atomic E-state index is 0.332. The van der Waals surface area contributed by atoms with Crippen LogP contribution in [0.25, 0.3) is 0 Å². The first kappa shape index (κ1) is 10.9. The SMILES string of the molecule is CCOc1cc(C)nc(C)c1C(N)=S. The zero-order chi connectivity index (χ0) is 10.7. The molecule has 2 N–H and O–H groups in total. The smallest absolute Gasteiger partial charge is 0.133 e. The van der Waals surface area contributed by atoms with E-state index in [0.29, 0.717) is 11.6 Å². The van der Waals surface area contributed by atoms with Crippen molar-refractivity contribution in [2.75, 3.05) is 6.61 Å². The Morgan fingerprint density at radius 3 is 2.71 bits per heavy atom. The van der Waals surface area contributed by atoms with E-state index in [0.717, 1.165) is 22.7 Å². The van der Waals surface area contributed by atoms with E-state index in [1.54, 1.807) is 0 Å². The molecule has 0 saturated heterocycles. The van der Waals surface area contributed by atoms with Gasteiger partial charge >= 0.3 is 0 Å². The molecule has 3 nitrogen and oxygen atoms in total. The van der Waals surface area contributed by atoms with Crippen LogP contribution in [0.5, 0.6) is 5.75 Å². The molecule has 0 aromatic carbocycles. The summed E-state index contributed by atoms with van der Waals surface area (Å²) in [5.74, 6) is 0.727. The molecule has 1 rings (SSSR count). The molecular weight excluding hydrogens is 196 g/mol. The highest BCUT2D eigenvalue weighted by Gasteiger charge is 2.11. The number of aromatic nitrogens is 1. The minimum atomic E-state index is 0.332. The van der Waals surface area contributed by atoms with Gasteiger partial charge in [0.25, 0.3) is 0 Å². The summed E-state index contributed by atoms with van der Waals surface area (Å²) in [4.78, 5) is 4.62. The number of nitrogens with zero attached hydrogens (tertiary/aromatic N) is 1. The molecule has 0 fully saturated rings. The summed E-state index contributed by atoms with van der Waals surface area (Å²) in [5, 5.41) is 0. The normalized spacial score (nSPS) is 9.93. The lowest BCUT2D eigenvalue weighted by molar-refractivity contribution is 0.338. The molecule has 0 aliphatic carbocycles. The van der Waals surface area contributed by atoms with Crippen LogP contribution < -0.4 is 10.5 Å². The van der Waals surface area contributed by atoms with Gasteiger partial charge in [0.1, 0.15) is 10.7 Å². The van der Waals surface area contributed by atoms with Gasteiger partial charge in [-0.25, -0.2) is 0 Å². The molecule has 0 atom stereocenters. The predicted molar refractivity (Wildman–Crippen MR) is 60.8 cm³/mol. The maximum absolute atomic E-state index is 5.61. The van der Waals surface area contributed by atoms with Crippen molar-refractivity contribution in [2.45, 2.75) is 20.8 Å². The highest BCUT2D eigenvalue weighted by Crippen LogP contribution is 2.21. The molecule has 0 radical (unpaired) electrons. The van der Waals surface area contributed by atoms with Crippen molar-refractivity contribution in [1.29, 1.82) is 0 Å². The molecule has 4 heteroatoms. The summed E-state index contributed by atoms with van der Waals surface area (Å²) in [5.41, 5.74) is 8.08. The van der Waals surface area contributed by atoms with Crippen molar-refractivity contribution >= 4 is 17.2 Å². The van der Waals surface area contributed by atoms with Gasteiger partial charge in [0.15, 0.2) is 0 Å². The van der Waals surface area contributed by atoms with Crippen molar-refractivity contribution in [2.24, 2.45) is 5.73 Å².